The maximum Gasteiger partial charge on any atom is 0.325 e. The molecule has 0 amide bonds. The molecule has 16 heavy (non-hydrogen) atoms. The Bertz CT molecular complexity index is 262. The fourth-order valence-electron chi connectivity index (χ4n) is 1.72. The third-order valence-corrected chi connectivity index (χ3v) is 2.97. The summed E-state index contributed by atoms with van der Waals surface area (Å²) in [6, 6.07) is 0. The van der Waals surface area contributed by atoms with Gasteiger partial charge in [-0.15, -0.1) is 0 Å². The number of hydrogen-bond acceptors (Lipinski definition) is 4. The number of hydrogen-bond donors (Lipinski definition) is 1. The van der Waals surface area contributed by atoms with Gasteiger partial charge in [-0.05, 0) is 20.8 Å². The average molecular weight is 252 g/mol. The predicted octanol–water partition coefficient (Wildman–Crippen LogP) is 1.79. The maximum absolute atomic E-state index is 11.2. The Kier molecular flexibility index (Phi) is 4.95. The SMILES string of the molecule is CC(C)OC[C@H]1O[C@@H](C)CC1OP(C)(=O)O. The van der Waals surface area contributed by atoms with E-state index in [4.69, 9.17) is 14.0 Å². The molecule has 0 saturated carbocycles. The lowest BCUT2D eigenvalue weighted by Crippen LogP contribution is -2.29. The van der Waals surface area contributed by atoms with E-state index in [1.165, 1.54) is 6.66 Å². The summed E-state index contributed by atoms with van der Waals surface area (Å²) in [5, 5.41) is 0. The van der Waals surface area contributed by atoms with Gasteiger partial charge in [0.15, 0.2) is 0 Å². The van der Waals surface area contributed by atoms with Gasteiger partial charge in [-0.1, -0.05) is 0 Å². The molecule has 0 aromatic heterocycles. The van der Waals surface area contributed by atoms with E-state index in [0.717, 1.165) is 0 Å². The van der Waals surface area contributed by atoms with Crippen LogP contribution in [0.2, 0.25) is 0 Å². The topological polar surface area (TPSA) is 65.0 Å². The van der Waals surface area contributed by atoms with Crippen molar-refractivity contribution in [1.29, 1.82) is 0 Å². The van der Waals surface area contributed by atoms with Crippen molar-refractivity contribution in [3.63, 3.8) is 0 Å². The second-order valence-corrected chi connectivity index (χ2v) is 6.37. The molecular formula is C10H21O5P. The van der Waals surface area contributed by atoms with E-state index in [0.29, 0.717) is 13.0 Å². The van der Waals surface area contributed by atoms with Crippen molar-refractivity contribution >= 4 is 7.60 Å². The zero-order valence-corrected chi connectivity index (χ0v) is 11.1. The van der Waals surface area contributed by atoms with Crippen LogP contribution in [0, 0.1) is 0 Å². The summed E-state index contributed by atoms with van der Waals surface area (Å²) in [5.74, 6) is 0. The third kappa shape index (κ3) is 4.93. The molecule has 0 radical (unpaired) electrons. The molecule has 0 aliphatic carbocycles. The standard InChI is InChI=1S/C10H21O5P/c1-7(2)13-6-10-9(5-8(3)14-10)15-16(4,11)12/h7-10H,5-6H2,1-4H3,(H,11,12)/t8-,9?,10+/m0/s1. The first-order valence-corrected chi connectivity index (χ1v) is 7.56. The summed E-state index contributed by atoms with van der Waals surface area (Å²) < 4.78 is 27.3. The molecule has 5 nitrogen and oxygen atoms in total. The van der Waals surface area contributed by atoms with Crippen LogP contribution in [0.4, 0.5) is 0 Å². The van der Waals surface area contributed by atoms with Crippen molar-refractivity contribution in [2.75, 3.05) is 13.3 Å². The van der Waals surface area contributed by atoms with Crippen LogP contribution in [0.5, 0.6) is 0 Å². The van der Waals surface area contributed by atoms with Gasteiger partial charge in [-0.2, -0.15) is 0 Å². The molecule has 1 rings (SSSR count). The van der Waals surface area contributed by atoms with E-state index >= 15 is 0 Å². The Hall–Kier alpha value is 0.0700. The van der Waals surface area contributed by atoms with Crippen LogP contribution < -0.4 is 0 Å². The second kappa shape index (κ2) is 5.61. The summed E-state index contributed by atoms with van der Waals surface area (Å²) >= 11 is 0. The first kappa shape index (κ1) is 14.1. The normalized spacial score (nSPS) is 34.2. The molecule has 0 aromatic rings. The van der Waals surface area contributed by atoms with Crippen LogP contribution in [0.3, 0.4) is 0 Å². The van der Waals surface area contributed by atoms with E-state index in [1.807, 2.05) is 20.8 Å². The smallest absolute Gasteiger partial charge is 0.325 e. The van der Waals surface area contributed by atoms with E-state index in [9.17, 15) is 9.46 Å². The number of rotatable bonds is 5. The van der Waals surface area contributed by atoms with Crippen LogP contribution in [0.15, 0.2) is 0 Å². The lowest BCUT2D eigenvalue weighted by molar-refractivity contribution is -0.0517. The Morgan fingerprint density at radius 1 is 1.56 bits per heavy atom. The van der Waals surface area contributed by atoms with E-state index < -0.39 is 7.60 Å². The Morgan fingerprint density at radius 2 is 2.19 bits per heavy atom. The fourth-order valence-corrected chi connectivity index (χ4v) is 2.44. The lowest BCUT2D eigenvalue weighted by Gasteiger charge is -2.21. The third-order valence-electron chi connectivity index (χ3n) is 2.31. The fraction of sp³-hybridized carbons (Fsp3) is 1.00. The van der Waals surface area contributed by atoms with Crippen molar-refractivity contribution in [3.05, 3.63) is 0 Å². The highest BCUT2D eigenvalue weighted by molar-refractivity contribution is 7.51. The van der Waals surface area contributed by atoms with Gasteiger partial charge in [0.05, 0.1) is 24.9 Å². The first-order valence-electron chi connectivity index (χ1n) is 5.53. The summed E-state index contributed by atoms with van der Waals surface area (Å²) in [6.45, 7) is 7.38. The van der Waals surface area contributed by atoms with Crippen LogP contribution in [0.25, 0.3) is 0 Å². The largest absolute Gasteiger partial charge is 0.376 e. The van der Waals surface area contributed by atoms with Crippen molar-refractivity contribution in [3.8, 4) is 0 Å². The molecule has 1 heterocycles. The Balaban J connectivity index is 2.49. The van der Waals surface area contributed by atoms with Gasteiger partial charge in [0.2, 0.25) is 0 Å². The van der Waals surface area contributed by atoms with Crippen LogP contribution >= 0.6 is 7.60 Å². The number of ether oxygens (including phenoxy) is 2. The summed E-state index contributed by atoms with van der Waals surface area (Å²) in [6.07, 6.45) is 0.178. The molecule has 1 fully saturated rings. The van der Waals surface area contributed by atoms with E-state index in [1.54, 1.807) is 0 Å². The average Bonchev–Trinajstić information content (AvgIpc) is 2.39. The van der Waals surface area contributed by atoms with Crippen LogP contribution in [0.1, 0.15) is 27.2 Å². The molecular weight excluding hydrogens is 231 g/mol. The Morgan fingerprint density at radius 3 is 2.69 bits per heavy atom. The van der Waals surface area contributed by atoms with Gasteiger partial charge in [-0.3, -0.25) is 4.57 Å². The molecule has 1 N–H and O–H groups in total. The summed E-state index contributed by atoms with van der Waals surface area (Å²) in [7, 11) is -3.46. The molecule has 6 heteroatoms. The predicted molar refractivity (Wildman–Crippen MR) is 60.7 cm³/mol. The molecule has 0 aromatic carbocycles. The molecule has 96 valence electrons. The van der Waals surface area contributed by atoms with Gasteiger partial charge in [0, 0.05) is 13.1 Å². The quantitative estimate of drug-likeness (QED) is 0.756. The summed E-state index contributed by atoms with van der Waals surface area (Å²) in [5.41, 5.74) is 0. The van der Waals surface area contributed by atoms with E-state index in [2.05, 4.69) is 0 Å². The minimum absolute atomic E-state index is 0.0392. The lowest BCUT2D eigenvalue weighted by atomic mass is 10.1. The second-order valence-electron chi connectivity index (χ2n) is 4.55. The first-order chi connectivity index (χ1) is 7.28. The highest BCUT2D eigenvalue weighted by Crippen LogP contribution is 2.42. The zero-order valence-electron chi connectivity index (χ0n) is 10.3. The maximum atomic E-state index is 11.2. The highest BCUT2D eigenvalue weighted by atomic mass is 31.2. The molecule has 2 unspecified atom stereocenters. The van der Waals surface area contributed by atoms with Crippen LogP contribution in [-0.4, -0.2) is 42.6 Å². The molecule has 0 spiro atoms. The highest BCUT2D eigenvalue weighted by Gasteiger charge is 2.37. The van der Waals surface area contributed by atoms with Crippen molar-refractivity contribution in [2.45, 2.75) is 51.6 Å². The van der Waals surface area contributed by atoms with Gasteiger partial charge in [-0.25, -0.2) is 0 Å². The molecule has 1 aliphatic rings. The van der Waals surface area contributed by atoms with Gasteiger partial charge >= 0.3 is 7.60 Å². The minimum atomic E-state index is -3.46. The van der Waals surface area contributed by atoms with Crippen molar-refractivity contribution < 1.29 is 23.5 Å². The van der Waals surface area contributed by atoms with Crippen molar-refractivity contribution in [2.24, 2.45) is 0 Å². The zero-order chi connectivity index (χ0) is 12.3. The van der Waals surface area contributed by atoms with Gasteiger partial charge in [0.1, 0.15) is 6.10 Å². The van der Waals surface area contributed by atoms with Crippen molar-refractivity contribution in [1.82, 2.24) is 0 Å². The molecule has 1 aliphatic heterocycles. The molecule has 4 atom stereocenters. The van der Waals surface area contributed by atoms with E-state index in [-0.39, 0.29) is 24.4 Å². The molecule has 1 saturated heterocycles. The van der Waals surface area contributed by atoms with Gasteiger partial charge in [0.25, 0.3) is 0 Å². The molecule has 0 bridgehead atoms. The van der Waals surface area contributed by atoms with Gasteiger partial charge < -0.3 is 18.9 Å². The minimum Gasteiger partial charge on any atom is -0.376 e. The monoisotopic (exact) mass is 252 g/mol. The van der Waals surface area contributed by atoms with Crippen LogP contribution in [-0.2, 0) is 18.6 Å². The summed E-state index contributed by atoms with van der Waals surface area (Å²) in [4.78, 5) is 9.20. The Labute approximate surface area is 96.6 Å².